The minimum atomic E-state index is -0.908. The number of hydrogen-bond acceptors (Lipinski definition) is 6. The number of hydrogen-bond donors (Lipinski definition) is 3. The van der Waals surface area contributed by atoms with Gasteiger partial charge in [-0.05, 0) is 23.6 Å². The number of ether oxygens (including phenoxy) is 2. The van der Waals surface area contributed by atoms with Crippen molar-refractivity contribution in [2.75, 3.05) is 13.7 Å². The van der Waals surface area contributed by atoms with E-state index in [0.29, 0.717) is 5.75 Å². The lowest BCUT2D eigenvalue weighted by molar-refractivity contribution is -0.148. The summed E-state index contributed by atoms with van der Waals surface area (Å²) in [6, 6.07) is 4.85. The first kappa shape index (κ1) is 21.4. The standard InChI is InChI=1S/C20H27N3O5/c1-12(2)18-19(25)22-16(10-13-4-7-15(27-3)8-5-13)20(26)28-11-14(21)6-9-17(24)23-18/h4-9,12,14,16,18H,10-11,21H2,1-3H3,(H,22,25)(H,23,24)/b9-6+/t14-,16+,18+/m1/s1. The third-order valence-electron chi connectivity index (χ3n) is 4.36. The average molecular weight is 389 g/mol. The normalized spacial score (nSPS) is 25.0. The molecule has 3 atom stereocenters. The molecule has 1 aromatic carbocycles. The maximum atomic E-state index is 12.7. The van der Waals surface area contributed by atoms with Crippen molar-refractivity contribution < 1.29 is 23.9 Å². The Morgan fingerprint density at radius 1 is 1.18 bits per heavy atom. The van der Waals surface area contributed by atoms with Crippen LogP contribution >= 0.6 is 0 Å². The van der Waals surface area contributed by atoms with Gasteiger partial charge in [0.1, 0.15) is 24.4 Å². The predicted molar refractivity (Wildman–Crippen MR) is 103 cm³/mol. The number of rotatable bonds is 4. The van der Waals surface area contributed by atoms with Gasteiger partial charge in [-0.2, -0.15) is 0 Å². The summed E-state index contributed by atoms with van der Waals surface area (Å²) in [7, 11) is 1.57. The van der Waals surface area contributed by atoms with Gasteiger partial charge in [0.2, 0.25) is 11.8 Å². The van der Waals surface area contributed by atoms with Crippen molar-refractivity contribution in [2.45, 2.75) is 38.4 Å². The summed E-state index contributed by atoms with van der Waals surface area (Å²) < 4.78 is 10.4. The van der Waals surface area contributed by atoms with Gasteiger partial charge in [0, 0.05) is 12.5 Å². The number of cyclic esters (lactones) is 1. The van der Waals surface area contributed by atoms with Crippen molar-refractivity contribution in [1.29, 1.82) is 0 Å². The van der Waals surface area contributed by atoms with Crippen LogP contribution in [0, 0.1) is 5.92 Å². The van der Waals surface area contributed by atoms with Crippen molar-refractivity contribution >= 4 is 17.8 Å². The Morgan fingerprint density at radius 2 is 1.86 bits per heavy atom. The average Bonchev–Trinajstić information content (AvgIpc) is 2.67. The minimum Gasteiger partial charge on any atom is -0.497 e. The second kappa shape index (κ2) is 9.89. The summed E-state index contributed by atoms with van der Waals surface area (Å²) in [5.74, 6) is -0.941. The summed E-state index contributed by atoms with van der Waals surface area (Å²) in [5.41, 5.74) is 6.67. The highest BCUT2D eigenvalue weighted by molar-refractivity contribution is 5.94. The number of nitrogens with one attached hydrogen (secondary N) is 2. The fraction of sp³-hybridized carbons (Fsp3) is 0.450. The molecule has 152 valence electrons. The van der Waals surface area contributed by atoms with Crippen molar-refractivity contribution in [3.05, 3.63) is 42.0 Å². The molecule has 0 bridgehead atoms. The molecule has 1 aromatic rings. The maximum Gasteiger partial charge on any atom is 0.329 e. The Kier molecular flexibility index (Phi) is 7.57. The molecular weight excluding hydrogens is 362 g/mol. The van der Waals surface area contributed by atoms with Crippen LogP contribution in [0.2, 0.25) is 0 Å². The smallest absolute Gasteiger partial charge is 0.329 e. The zero-order chi connectivity index (χ0) is 20.7. The summed E-state index contributed by atoms with van der Waals surface area (Å²) >= 11 is 0. The Bertz CT molecular complexity index is 730. The van der Waals surface area contributed by atoms with E-state index in [0.717, 1.165) is 5.56 Å². The number of carbonyl (C=O) groups excluding carboxylic acids is 3. The van der Waals surface area contributed by atoms with Crippen molar-refractivity contribution in [3.8, 4) is 5.75 Å². The molecule has 0 unspecified atom stereocenters. The second-order valence-electron chi connectivity index (χ2n) is 7.00. The van der Waals surface area contributed by atoms with Crippen LogP contribution in [-0.4, -0.2) is 49.6 Å². The van der Waals surface area contributed by atoms with Gasteiger partial charge in [-0.1, -0.05) is 32.1 Å². The van der Waals surface area contributed by atoms with Gasteiger partial charge in [0.25, 0.3) is 0 Å². The van der Waals surface area contributed by atoms with Gasteiger partial charge in [-0.3, -0.25) is 9.59 Å². The molecule has 2 rings (SSSR count). The molecule has 2 amide bonds. The van der Waals surface area contributed by atoms with E-state index in [1.54, 1.807) is 19.2 Å². The van der Waals surface area contributed by atoms with Crippen molar-refractivity contribution in [1.82, 2.24) is 10.6 Å². The number of benzene rings is 1. The third-order valence-corrected chi connectivity index (χ3v) is 4.36. The fourth-order valence-corrected chi connectivity index (χ4v) is 2.73. The highest BCUT2D eigenvalue weighted by Gasteiger charge is 2.30. The van der Waals surface area contributed by atoms with Crippen LogP contribution in [0.3, 0.4) is 0 Å². The Morgan fingerprint density at radius 3 is 2.46 bits per heavy atom. The molecular formula is C20H27N3O5. The van der Waals surface area contributed by atoms with E-state index < -0.39 is 35.9 Å². The molecule has 0 spiro atoms. The zero-order valence-corrected chi connectivity index (χ0v) is 16.3. The molecule has 0 fully saturated rings. The largest absolute Gasteiger partial charge is 0.497 e. The Hall–Kier alpha value is -2.87. The molecule has 0 radical (unpaired) electrons. The summed E-state index contributed by atoms with van der Waals surface area (Å²) in [4.78, 5) is 37.3. The van der Waals surface area contributed by atoms with Gasteiger partial charge in [0.05, 0.1) is 13.2 Å². The van der Waals surface area contributed by atoms with E-state index in [9.17, 15) is 14.4 Å². The van der Waals surface area contributed by atoms with Crippen molar-refractivity contribution in [2.24, 2.45) is 11.7 Å². The van der Waals surface area contributed by atoms with Gasteiger partial charge in [-0.15, -0.1) is 0 Å². The highest BCUT2D eigenvalue weighted by atomic mass is 16.5. The lowest BCUT2D eigenvalue weighted by atomic mass is 10.0. The van der Waals surface area contributed by atoms with Crippen LogP contribution in [0.4, 0.5) is 0 Å². The molecule has 1 aliphatic heterocycles. The van der Waals surface area contributed by atoms with Crippen LogP contribution in [0.1, 0.15) is 19.4 Å². The van der Waals surface area contributed by atoms with E-state index in [1.165, 1.54) is 12.2 Å². The monoisotopic (exact) mass is 389 g/mol. The molecule has 0 saturated heterocycles. The lowest BCUT2D eigenvalue weighted by Gasteiger charge is -2.25. The van der Waals surface area contributed by atoms with E-state index in [2.05, 4.69) is 10.6 Å². The van der Waals surface area contributed by atoms with Crippen LogP contribution in [0.15, 0.2) is 36.4 Å². The SMILES string of the molecule is COc1ccc(C[C@@H]2NC(=O)[C@H](C(C)C)NC(=O)/C=C/[C@@H](N)COC2=O)cc1. The van der Waals surface area contributed by atoms with E-state index in [1.807, 2.05) is 26.0 Å². The van der Waals surface area contributed by atoms with Crippen LogP contribution in [-0.2, 0) is 25.5 Å². The Labute approximate surface area is 164 Å². The summed E-state index contributed by atoms with van der Waals surface area (Å²) in [5, 5.41) is 5.36. The second-order valence-corrected chi connectivity index (χ2v) is 7.00. The van der Waals surface area contributed by atoms with Crippen LogP contribution < -0.4 is 21.1 Å². The number of methoxy groups -OCH3 is 1. The first-order valence-corrected chi connectivity index (χ1v) is 9.14. The molecule has 28 heavy (non-hydrogen) atoms. The molecule has 4 N–H and O–H groups in total. The van der Waals surface area contributed by atoms with Gasteiger partial charge in [0.15, 0.2) is 0 Å². The van der Waals surface area contributed by atoms with E-state index >= 15 is 0 Å². The summed E-state index contributed by atoms with van der Waals surface area (Å²) in [6.07, 6.45) is 2.92. The molecule has 0 saturated carbocycles. The zero-order valence-electron chi connectivity index (χ0n) is 16.3. The molecule has 1 heterocycles. The van der Waals surface area contributed by atoms with Gasteiger partial charge >= 0.3 is 5.97 Å². The van der Waals surface area contributed by atoms with E-state index in [-0.39, 0.29) is 18.9 Å². The first-order chi connectivity index (χ1) is 13.3. The Balaban J connectivity index is 2.25. The number of esters is 1. The fourth-order valence-electron chi connectivity index (χ4n) is 2.73. The van der Waals surface area contributed by atoms with Crippen LogP contribution in [0.25, 0.3) is 0 Å². The number of nitrogens with two attached hydrogens (primary N) is 1. The van der Waals surface area contributed by atoms with Gasteiger partial charge < -0.3 is 25.8 Å². The molecule has 0 aromatic heterocycles. The molecule has 1 aliphatic rings. The third kappa shape index (κ3) is 6.09. The number of carbonyl (C=O) groups is 3. The van der Waals surface area contributed by atoms with Crippen LogP contribution in [0.5, 0.6) is 5.75 Å². The highest BCUT2D eigenvalue weighted by Crippen LogP contribution is 2.14. The first-order valence-electron chi connectivity index (χ1n) is 9.14. The topological polar surface area (TPSA) is 120 Å². The molecule has 8 heteroatoms. The number of amides is 2. The quantitative estimate of drug-likeness (QED) is 0.638. The lowest BCUT2D eigenvalue weighted by Crippen LogP contribution is -2.54. The van der Waals surface area contributed by atoms with Gasteiger partial charge in [-0.25, -0.2) is 4.79 Å². The van der Waals surface area contributed by atoms with Crippen molar-refractivity contribution in [3.63, 3.8) is 0 Å². The molecule has 0 aliphatic carbocycles. The predicted octanol–water partition coefficient (Wildman–Crippen LogP) is 0.304. The molecule has 8 nitrogen and oxygen atoms in total. The summed E-state index contributed by atoms with van der Waals surface area (Å²) in [6.45, 7) is 3.52. The van der Waals surface area contributed by atoms with E-state index in [4.69, 9.17) is 15.2 Å². The maximum absolute atomic E-state index is 12.7. The minimum absolute atomic E-state index is 0.0921.